The minimum absolute atomic E-state index is 0.0693. The minimum Gasteiger partial charge on any atom is -0.367 e. The fraction of sp³-hybridized carbons (Fsp3) is 1.00. The maximum atomic E-state index is 10.8. The monoisotopic (exact) mass is 167 g/mol. The van der Waals surface area contributed by atoms with Crippen molar-refractivity contribution in [2.75, 3.05) is 13.0 Å². The van der Waals surface area contributed by atoms with Crippen LogP contribution in [-0.4, -0.2) is 27.5 Å². The Kier molecular flexibility index (Phi) is 3.85. The maximum absolute atomic E-state index is 10.8. The minimum atomic E-state index is -3.20. The topological polar surface area (TPSA) is 55.4 Å². The van der Waals surface area contributed by atoms with Gasteiger partial charge in [-0.15, -0.1) is 0 Å². The summed E-state index contributed by atoms with van der Waals surface area (Å²) in [7, 11) is -1.86. The fourth-order valence-electron chi connectivity index (χ4n) is 0.548. The van der Waals surface area contributed by atoms with Crippen LogP contribution in [0.1, 0.15) is 13.8 Å². The summed E-state index contributed by atoms with van der Waals surface area (Å²) in [5, 5.41) is 0. The first kappa shape index (κ1) is 9.87. The molecule has 0 heterocycles. The molecule has 0 bridgehead atoms. The highest BCUT2D eigenvalue weighted by atomic mass is 32.2. The van der Waals surface area contributed by atoms with Crippen molar-refractivity contribution >= 4 is 10.0 Å². The molecule has 0 saturated carbocycles. The number of rotatable bonds is 4. The molecule has 0 rings (SSSR count). The maximum Gasteiger partial charge on any atom is 0.236 e. The van der Waals surface area contributed by atoms with Crippen molar-refractivity contribution in [1.29, 1.82) is 0 Å². The summed E-state index contributed by atoms with van der Waals surface area (Å²) in [5.74, 6) is -0.273. The summed E-state index contributed by atoms with van der Waals surface area (Å²) < 4.78 is 28.4. The van der Waals surface area contributed by atoms with Crippen LogP contribution in [0, 0.1) is 0 Å². The van der Waals surface area contributed by atoms with E-state index in [9.17, 15) is 8.42 Å². The van der Waals surface area contributed by atoms with Crippen LogP contribution in [-0.2, 0) is 14.8 Å². The molecule has 0 amide bonds. The van der Waals surface area contributed by atoms with Crippen molar-refractivity contribution in [2.45, 2.75) is 19.9 Å². The van der Waals surface area contributed by atoms with Gasteiger partial charge in [-0.2, -0.15) is 0 Å². The predicted octanol–water partition coefficient (Wildman–Crippen LogP) is -0.0819. The number of methoxy groups -OCH3 is 1. The number of ether oxygens (including phenoxy) is 1. The number of nitrogens with one attached hydrogen (secondary N) is 1. The molecule has 0 atom stereocenters. The van der Waals surface area contributed by atoms with E-state index in [0.717, 1.165) is 0 Å². The van der Waals surface area contributed by atoms with Gasteiger partial charge in [0.2, 0.25) is 10.0 Å². The smallest absolute Gasteiger partial charge is 0.236 e. The van der Waals surface area contributed by atoms with E-state index in [1.165, 1.54) is 7.11 Å². The number of hydrogen-bond acceptors (Lipinski definition) is 3. The second-order valence-electron chi connectivity index (χ2n) is 2.29. The Bertz CT molecular complexity index is 173. The van der Waals surface area contributed by atoms with Gasteiger partial charge in [0.15, 0.2) is 5.94 Å². The molecular formula is C5H13NO3S. The quantitative estimate of drug-likeness (QED) is 0.637. The summed E-state index contributed by atoms with van der Waals surface area (Å²) in [6, 6.07) is -0.0693. The van der Waals surface area contributed by atoms with Crippen LogP contribution >= 0.6 is 0 Å². The Labute approximate surface area is 61.6 Å². The highest BCUT2D eigenvalue weighted by molar-refractivity contribution is 7.89. The largest absolute Gasteiger partial charge is 0.367 e. The van der Waals surface area contributed by atoms with Crippen LogP contribution in [0.3, 0.4) is 0 Å². The second-order valence-corrected chi connectivity index (χ2v) is 3.99. The van der Waals surface area contributed by atoms with Crippen molar-refractivity contribution in [3.05, 3.63) is 0 Å². The number of hydrogen-bond donors (Lipinski definition) is 1. The molecule has 0 aliphatic heterocycles. The number of sulfonamides is 1. The van der Waals surface area contributed by atoms with Crippen LogP contribution in [0.5, 0.6) is 0 Å². The van der Waals surface area contributed by atoms with Gasteiger partial charge in [-0.3, -0.25) is 0 Å². The Balaban J connectivity index is 3.89. The first-order chi connectivity index (χ1) is 4.48. The summed E-state index contributed by atoms with van der Waals surface area (Å²) in [4.78, 5) is 0. The molecule has 0 aliphatic rings. The fourth-order valence-corrected chi connectivity index (χ4v) is 1.64. The van der Waals surface area contributed by atoms with Crippen molar-refractivity contribution in [3.63, 3.8) is 0 Å². The Morgan fingerprint density at radius 1 is 1.50 bits per heavy atom. The van der Waals surface area contributed by atoms with Gasteiger partial charge in [0.1, 0.15) is 0 Å². The van der Waals surface area contributed by atoms with E-state index in [1.807, 2.05) is 0 Å². The van der Waals surface area contributed by atoms with Gasteiger partial charge in [-0.05, 0) is 13.8 Å². The summed E-state index contributed by atoms with van der Waals surface area (Å²) >= 11 is 0. The third kappa shape index (κ3) is 4.72. The van der Waals surface area contributed by atoms with E-state index in [0.29, 0.717) is 0 Å². The van der Waals surface area contributed by atoms with Gasteiger partial charge in [0.05, 0.1) is 0 Å². The Hall–Kier alpha value is -0.130. The SMILES string of the molecule is COCS(=O)(=O)NC(C)C. The van der Waals surface area contributed by atoms with Gasteiger partial charge < -0.3 is 4.74 Å². The van der Waals surface area contributed by atoms with Crippen molar-refractivity contribution < 1.29 is 13.2 Å². The van der Waals surface area contributed by atoms with Gasteiger partial charge in [0.25, 0.3) is 0 Å². The molecule has 0 aromatic heterocycles. The molecule has 5 heteroatoms. The molecule has 0 aliphatic carbocycles. The van der Waals surface area contributed by atoms with Gasteiger partial charge in [0, 0.05) is 13.2 Å². The van der Waals surface area contributed by atoms with E-state index < -0.39 is 10.0 Å². The lowest BCUT2D eigenvalue weighted by Crippen LogP contribution is -2.32. The molecule has 4 nitrogen and oxygen atoms in total. The van der Waals surface area contributed by atoms with E-state index >= 15 is 0 Å². The van der Waals surface area contributed by atoms with Crippen molar-refractivity contribution in [2.24, 2.45) is 0 Å². The lowest BCUT2D eigenvalue weighted by Gasteiger charge is -2.07. The molecule has 1 N–H and O–H groups in total. The molecule has 0 saturated heterocycles. The molecule has 0 aromatic carbocycles. The van der Waals surface area contributed by atoms with Crippen molar-refractivity contribution in [1.82, 2.24) is 4.72 Å². The molecule has 0 unspecified atom stereocenters. The van der Waals surface area contributed by atoms with Gasteiger partial charge in [-0.1, -0.05) is 0 Å². The third-order valence-corrected chi connectivity index (χ3v) is 2.06. The van der Waals surface area contributed by atoms with Crippen LogP contribution in [0.4, 0.5) is 0 Å². The Morgan fingerprint density at radius 2 is 2.00 bits per heavy atom. The lowest BCUT2D eigenvalue weighted by molar-refractivity contribution is 0.248. The van der Waals surface area contributed by atoms with Crippen LogP contribution in [0.15, 0.2) is 0 Å². The Morgan fingerprint density at radius 3 is 2.30 bits per heavy atom. The zero-order valence-corrected chi connectivity index (χ0v) is 7.23. The zero-order valence-electron chi connectivity index (χ0n) is 6.42. The molecule has 10 heavy (non-hydrogen) atoms. The van der Waals surface area contributed by atoms with E-state index in [-0.39, 0.29) is 12.0 Å². The van der Waals surface area contributed by atoms with E-state index in [2.05, 4.69) is 9.46 Å². The molecule has 0 aromatic rings. The van der Waals surface area contributed by atoms with Crippen molar-refractivity contribution in [3.8, 4) is 0 Å². The summed E-state index contributed by atoms with van der Waals surface area (Å²) in [5.41, 5.74) is 0. The first-order valence-electron chi connectivity index (χ1n) is 2.97. The highest BCUT2D eigenvalue weighted by Crippen LogP contribution is 1.87. The summed E-state index contributed by atoms with van der Waals surface area (Å²) in [6.45, 7) is 3.51. The zero-order chi connectivity index (χ0) is 8.20. The van der Waals surface area contributed by atoms with E-state index in [1.54, 1.807) is 13.8 Å². The molecular weight excluding hydrogens is 154 g/mol. The lowest BCUT2D eigenvalue weighted by atomic mass is 10.4. The van der Waals surface area contributed by atoms with Gasteiger partial charge in [-0.25, -0.2) is 13.1 Å². The van der Waals surface area contributed by atoms with Gasteiger partial charge >= 0.3 is 0 Å². The molecule has 62 valence electrons. The first-order valence-corrected chi connectivity index (χ1v) is 4.62. The molecule has 0 spiro atoms. The average molecular weight is 167 g/mol. The van der Waals surface area contributed by atoms with Crippen LogP contribution in [0.25, 0.3) is 0 Å². The predicted molar refractivity (Wildman–Crippen MR) is 39.1 cm³/mol. The third-order valence-electron chi connectivity index (χ3n) is 0.688. The standard InChI is InChI=1S/C5H13NO3S/c1-5(2)6-10(7,8)4-9-3/h5-6H,4H2,1-3H3. The highest BCUT2D eigenvalue weighted by Gasteiger charge is 2.09. The van der Waals surface area contributed by atoms with Crippen LogP contribution < -0.4 is 4.72 Å². The average Bonchev–Trinajstić information content (AvgIpc) is 1.59. The summed E-state index contributed by atoms with van der Waals surface area (Å²) in [6.07, 6.45) is 0. The normalized spacial score (nSPS) is 12.4. The second kappa shape index (κ2) is 3.90. The molecule has 0 fully saturated rings. The van der Waals surface area contributed by atoms with Crippen LogP contribution in [0.2, 0.25) is 0 Å². The van der Waals surface area contributed by atoms with E-state index in [4.69, 9.17) is 0 Å². The molecule has 0 radical (unpaired) electrons.